The Morgan fingerprint density at radius 1 is 1.16 bits per heavy atom. The molecule has 0 saturated carbocycles. The van der Waals surface area contributed by atoms with E-state index in [9.17, 15) is 14.3 Å². The number of carboxylic acids is 1. The summed E-state index contributed by atoms with van der Waals surface area (Å²) in [5, 5.41) is 15.7. The van der Waals surface area contributed by atoms with Gasteiger partial charge >= 0.3 is 0 Å². The summed E-state index contributed by atoms with van der Waals surface area (Å²) in [6.45, 7) is 6.54. The highest BCUT2D eigenvalue weighted by Gasteiger charge is 2.19. The highest BCUT2D eigenvalue weighted by atomic mass is 35.5. The van der Waals surface area contributed by atoms with E-state index in [4.69, 9.17) is 11.6 Å². The van der Waals surface area contributed by atoms with Gasteiger partial charge in [0.05, 0.1) is 5.97 Å². The van der Waals surface area contributed by atoms with Gasteiger partial charge in [0.2, 0.25) is 0 Å². The molecule has 0 fully saturated rings. The van der Waals surface area contributed by atoms with E-state index in [1.807, 2.05) is 29.7 Å². The smallest absolute Gasteiger partial charge is 0.124 e. The summed E-state index contributed by atoms with van der Waals surface area (Å²) in [4.78, 5) is 11.9. The molecule has 1 unspecified atom stereocenters. The van der Waals surface area contributed by atoms with Crippen molar-refractivity contribution in [1.82, 2.24) is 9.88 Å². The first-order valence-corrected chi connectivity index (χ1v) is 10.8. The van der Waals surface area contributed by atoms with Gasteiger partial charge in [-0.05, 0) is 62.4 Å². The molecule has 164 valence electrons. The zero-order chi connectivity index (χ0) is 22.5. The molecule has 0 saturated heterocycles. The van der Waals surface area contributed by atoms with Gasteiger partial charge < -0.3 is 19.8 Å². The molecule has 0 spiro atoms. The Hall–Kier alpha value is -2.63. The number of carboxylic acid groups (broad SMARTS) is 1. The van der Waals surface area contributed by atoms with Gasteiger partial charge in [0.25, 0.3) is 0 Å². The average Bonchev–Trinajstić information content (AvgIpc) is 2.97. The number of aromatic carboxylic acids is 1. The number of hydrogen-bond donors (Lipinski definition) is 1. The summed E-state index contributed by atoms with van der Waals surface area (Å²) < 4.78 is 15.3. The third-order valence-electron chi connectivity index (χ3n) is 5.79. The van der Waals surface area contributed by atoms with Gasteiger partial charge in [-0.3, -0.25) is 0 Å². The van der Waals surface area contributed by atoms with E-state index in [-0.39, 0.29) is 11.6 Å². The number of benzene rings is 2. The molecule has 0 amide bonds. The number of nitrogens with one attached hydrogen (secondary N) is 1. The Morgan fingerprint density at radius 3 is 2.52 bits per heavy atom. The number of carbonyl (C=O) groups excluding carboxylic acids is 1. The summed E-state index contributed by atoms with van der Waals surface area (Å²) in [6, 6.07) is 14.7. The van der Waals surface area contributed by atoms with Crippen molar-refractivity contribution in [1.29, 1.82) is 0 Å². The number of aryl methyl sites for hydroxylation is 1. The summed E-state index contributed by atoms with van der Waals surface area (Å²) >= 11 is 6.19. The first kappa shape index (κ1) is 23.0. The monoisotopic (exact) mass is 441 g/mol. The van der Waals surface area contributed by atoms with Gasteiger partial charge in [-0.1, -0.05) is 48.0 Å². The molecule has 0 aliphatic rings. The fourth-order valence-electron chi connectivity index (χ4n) is 3.90. The molecule has 6 heteroatoms. The van der Waals surface area contributed by atoms with Crippen molar-refractivity contribution in [3.8, 4) is 0 Å². The lowest BCUT2D eigenvalue weighted by molar-refractivity contribution is -0.255. The van der Waals surface area contributed by atoms with Crippen molar-refractivity contribution < 1.29 is 14.3 Å². The number of rotatable bonds is 9. The average molecular weight is 442 g/mol. The predicted molar refractivity (Wildman–Crippen MR) is 120 cm³/mol. The fraction of sp³-hybridized carbons (Fsp3) is 0.320. The molecular formula is C25H27ClFN2O2-. The topological polar surface area (TPSA) is 57.1 Å². The Morgan fingerprint density at radius 2 is 1.87 bits per heavy atom. The van der Waals surface area contributed by atoms with Crippen molar-refractivity contribution in [2.75, 3.05) is 0 Å². The lowest BCUT2D eigenvalue weighted by Gasteiger charge is -2.15. The van der Waals surface area contributed by atoms with E-state index in [0.29, 0.717) is 29.4 Å². The minimum Gasteiger partial charge on any atom is -0.545 e. The molecule has 31 heavy (non-hydrogen) atoms. The molecule has 0 bridgehead atoms. The summed E-state index contributed by atoms with van der Waals surface area (Å²) in [6.07, 6.45) is 1.89. The van der Waals surface area contributed by atoms with Gasteiger partial charge in [-0.15, -0.1) is 0 Å². The molecular weight excluding hydrogens is 415 g/mol. The SMILES string of the molecule is Cc1c(CNC(C)CCc2ccccc2)c(C(=O)[O-])c(C)n1Cc1ccc(F)cc1Cl. The first-order valence-electron chi connectivity index (χ1n) is 10.4. The molecule has 1 atom stereocenters. The molecule has 0 aliphatic heterocycles. The molecule has 4 nitrogen and oxygen atoms in total. The Balaban J connectivity index is 1.76. The lowest BCUT2D eigenvalue weighted by Crippen LogP contribution is -2.29. The largest absolute Gasteiger partial charge is 0.545 e. The van der Waals surface area contributed by atoms with Gasteiger partial charge in [0, 0.05) is 41.1 Å². The van der Waals surface area contributed by atoms with Crippen LogP contribution < -0.4 is 10.4 Å². The highest BCUT2D eigenvalue weighted by molar-refractivity contribution is 6.31. The second-order valence-electron chi connectivity index (χ2n) is 7.94. The van der Waals surface area contributed by atoms with Crippen LogP contribution in [0.1, 0.15) is 51.8 Å². The van der Waals surface area contributed by atoms with E-state index in [1.54, 1.807) is 13.0 Å². The molecule has 1 aromatic heterocycles. The van der Waals surface area contributed by atoms with Crippen LogP contribution in [0.2, 0.25) is 5.02 Å². The van der Waals surface area contributed by atoms with Crippen LogP contribution in [0.15, 0.2) is 48.5 Å². The maximum atomic E-state index is 13.4. The lowest BCUT2D eigenvalue weighted by atomic mass is 10.1. The van der Waals surface area contributed by atoms with Crippen LogP contribution in [0.25, 0.3) is 0 Å². The van der Waals surface area contributed by atoms with Crippen LogP contribution in [0.3, 0.4) is 0 Å². The molecule has 1 heterocycles. The van der Waals surface area contributed by atoms with E-state index in [1.165, 1.54) is 17.7 Å². The second kappa shape index (κ2) is 10.1. The van der Waals surface area contributed by atoms with Crippen molar-refractivity contribution in [2.24, 2.45) is 0 Å². The maximum Gasteiger partial charge on any atom is 0.124 e. The van der Waals surface area contributed by atoms with Crippen LogP contribution in [0.4, 0.5) is 4.39 Å². The van der Waals surface area contributed by atoms with Crippen molar-refractivity contribution in [3.63, 3.8) is 0 Å². The van der Waals surface area contributed by atoms with E-state index in [0.717, 1.165) is 24.1 Å². The van der Waals surface area contributed by atoms with Crippen molar-refractivity contribution >= 4 is 17.6 Å². The van der Waals surface area contributed by atoms with Crippen molar-refractivity contribution in [3.05, 3.63) is 93.0 Å². The van der Waals surface area contributed by atoms with Gasteiger partial charge in [0.1, 0.15) is 5.82 Å². The van der Waals surface area contributed by atoms with Crippen molar-refractivity contribution in [2.45, 2.75) is 52.7 Å². The molecule has 2 aromatic carbocycles. The first-order chi connectivity index (χ1) is 14.8. The standard InChI is InChI=1S/C25H28ClFN2O2/c1-16(9-10-19-7-5-4-6-8-19)28-14-22-17(2)29(18(3)24(22)25(30)31)15-20-11-12-21(27)13-23(20)26/h4-8,11-13,16,28H,9-10,14-15H2,1-3H3,(H,30,31)/p-1. The zero-order valence-electron chi connectivity index (χ0n) is 18.0. The van der Waals surface area contributed by atoms with E-state index >= 15 is 0 Å². The number of nitrogens with zero attached hydrogens (tertiary/aromatic N) is 1. The van der Waals surface area contributed by atoms with Crippen LogP contribution in [-0.4, -0.2) is 16.6 Å². The summed E-state index contributed by atoms with van der Waals surface area (Å²) in [7, 11) is 0. The second-order valence-corrected chi connectivity index (χ2v) is 8.35. The Kier molecular flexibility index (Phi) is 7.52. The molecule has 0 radical (unpaired) electrons. The summed E-state index contributed by atoms with van der Waals surface area (Å²) in [5.41, 5.74) is 4.36. The number of aromatic nitrogens is 1. The minimum absolute atomic E-state index is 0.207. The van der Waals surface area contributed by atoms with Crippen LogP contribution in [0, 0.1) is 19.7 Å². The third kappa shape index (κ3) is 5.54. The number of carbonyl (C=O) groups is 1. The normalized spacial score (nSPS) is 12.2. The quantitative estimate of drug-likeness (QED) is 0.534. The maximum absolute atomic E-state index is 13.4. The minimum atomic E-state index is -1.20. The summed E-state index contributed by atoms with van der Waals surface area (Å²) in [5.74, 6) is -1.60. The Bertz CT molecular complexity index is 1060. The van der Waals surface area contributed by atoms with E-state index in [2.05, 4.69) is 24.4 Å². The predicted octanol–water partition coefficient (Wildman–Crippen LogP) is 4.42. The molecule has 3 rings (SSSR count). The van der Waals surface area contributed by atoms with Crippen LogP contribution in [0.5, 0.6) is 0 Å². The van der Waals surface area contributed by atoms with Crippen LogP contribution >= 0.6 is 11.6 Å². The zero-order valence-corrected chi connectivity index (χ0v) is 18.8. The highest BCUT2D eigenvalue weighted by Crippen LogP contribution is 2.26. The van der Waals surface area contributed by atoms with Gasteiger partial charge in [-0.2, -0.15) is 0 Å². The van der Waals surface area contributed by atoms with E-state index < -0.39 is 11.8 Å². The third-order valence-corrected chi connectivity index (χ3v) is 6.15. The van der Waals surface area contributed by atoms with Gasteiger partial charge in [-0.25, -0.2) is 4.39 Å². The molecule has 3 aromatic rings. The molecule has 1 N–H and O–H groups in total. The number of hydrogen-bond acceptors (Lipinski definition) is 3. The van der Waals surface area contributed by atoms with Gasteiger partial charge in [0.15, 0.2) is 0 Å². The number of halogens is 2. The Labute approximate surface area is 187 Å². The fourth-order valence-corrected chi connectivity index (χ4v) is 4.13. The van der Waals surface area contributed by atoms with Crippen LogP contribution in [-0.2, 0) is 19.5 Å². The molecule has 0 aliphatic carbocycles.